The van der Waals surface area contributed by atoms with Crippen molar-refractivity contribution >= 4 is 5.97 Å². The van der Waals surface area contributed by atoms with Gasteiger partial charge < -0.3 is 23.7 Å². The molecule has 1 spiro atoms. The molecule has 0 N–H and O–H groups in total. The standard InChI is InChI=1S/C22H28O6/c1-20-8-5-16-13-15-3-4-19(23)28-17(15)6-9-21(16,27-14-24-2)18(20)7-10-22(20)25-11-12-26-22/h3-5,13,17-18H,6-12,14H2,1-2H3/t17-,18-,20+,21-/m1/s1. The molecule has 5 rings (SSSR count). The highest BCUT2D eigenvalue weighted by atomic mass is 16.7. The smallest absolute Gasteiger partial charge is 0.331 e. The van der Waals surface area contributed by atoms with Crippen LogP contribution in [0.3, 0.4) is 0 Å². The van der Waals surface area contributed by atoms with E-state index in [0.717, 1.165) is 37.7 Å². The molecule has 152 valence electrons. The van der Waals surface area contributed by atoms with Crippen LogP contribution >= 0.6 is 0 Å². The fourth-order valence-electron chi connectivity index (χ4n) is 6.20. The molecule has 6 heteroatoms. The first-order valence-corrected chi connectivity index (χ1v) is 10.2. The molecule has 0 aromatic rings. The highest BCUT2D eigenvalue weighted by molar-refractivity contribution is 5.84. The van der Waals surface area contributed by atoms with Crippen molar-refractivity contribution in [1.29, 1.82) is 0 Å². The van der Waals surface area contributed by atoms with Gasteiger partial charge in [0, 0.05) is 30.9 Å². The Morgan fingerprint density at radius 3 is 2.79 bits per heavy atom. The van der Waals surface area contributed by atoms with Crippen molar-refractivity contribution in [2.24, 2.45) is 11.3 Å². The molecule has 2 aliphatic heterocycles. The summed E-state index contributed by atoms with van der Waals surface area (Å²) in [6, 6.07) is 0. The van der Waals surface area contributed by atoms with Gasteiger partial charge >= 0.3 is 5.97 Å². The van der Waals surface area contributed by atoms with Crippen molar-refractivity contribution < 1.29 is 28.5 Å². The van der Waals surface area contributed by atoms with Gasteiger partial charge in [-0.15, -0.1) is 0 Å². The van der Waals surface area contributed by atoms with Crippen LogP contribution in [0.25, 0.3) is 0 Å². The lowest BCUT2D eigenvalue weighted by Crippen LogP contribution is -2.56. The number of allylic oxidation sites excluding steroid dienone is 1. The van der Waals surface area contributed by atoms with E-state index in [1.165, 1.54) is 11.6 Å². The second-order valence-corrected chi connectivity index (χ2v) is 8.70. The van der Waals surface area contributed by atoms with Gasteiger partial charge in [0.25, 0.3) is 0 Å². The number of fused-ring (bicyclic) bond motifs is 5. The third-order valence-electron chi connectivity index (χ3n) is 7.53. The van der Waals surface area contributed by atoms with Gasteiger partial charge in [0.15, 0.2) is 5.79 Å². The summed E-state index contributed by atoms with van der Waals surface area (Å²) in [4.78, 5) is 11.8. The molecule has 6 nitrogen and oxygen atoms in total. The molecule has 2 fully saturated rings. The molecule has 3 aliphatic carbocycles. The molecule has 2 heterocycles. The first-order chi connectivity index (χ1) is 13.5. The predicted octanol–water partition coefficient (Wildman–Crippen LogP) is 3.04. The van der Waals surface area contributed by atoms with E-state index >= 15 is 0 Å². The van der Waals surface area contributed by atoms with Gasteiger partial charge in [-0.05, 0) is 49.0 Å². The maximum absolute atomic E-state index is 11.8. The molecular formula is C22H28O6. The minimum atomic E-state index is -0.526. The number of methoxy groups -OCH3 is 1. The molecule has 1 saturated carbocycles. The van der Waals surface area contributed by atoms with E-state index in [9.17, 15) is 4.79 Å². The Morgan fingerprint density at radius 2 is 2.00 bits per heavy atom. The number of esters is 1. The Labute approximate surface area is 165 Å². The van der Waals surface area contributed by atoms with Crippen LogP contribution in [0.15, 0.2) is 35.5 Å². The van der Waals surface area contributed by atoms with Crippen LogP contribution in [0.2, 0.25) is 0 Å². The van der Waals surface area contributed by atoms with E-state index in [2.05, 4.69) is 19.1 Å². The number of hydrogen-bond acceptors (Lipinski definition) is 6. The second kappa shape index (κ2) is 6.52. The molecular weight excluding hydrogens is 360 g/mol. The summed E-state index contributed by atoms with van der Waals surface area (Å²) in [6.45, 7) is 3.81. The largest absolute Gasteiger partial charge is 0.454 e. The summed E-state index contributed by atoms with van der Waals surface area (Å²) in [7, 11) is 1.65. The van der Waals surface area contributed by atoms with Crippen molar-refractivity contribution in [3.05, 3.63) is 35.5 Å². The van der Waals surface area contributed by atoms with E-state index in [0.29, 0.717) is 13.2 Å². The minimum absolute atomic E-state index is 0.165. The summed E-state index contributed by atoms with van der Waals surface area (Å²) < 4.78 is 29.9. The van der Waals surface area contributed by atoms with Gasteiger partial charge in [0.1, 0.15) is 12.9 Å². The number of carbonyl (C=O) groups excluding carboxylic acids is 1. The van der Waals surface area contributed by atoms with Crippen LogP contribution in [0.1, 0.15) is 39.0 Å². The van der Waals surface area contributed by atoms with Crippen molar-refractivity contribution in [3.63, 3.8) is 0 Å². The molecule has 0 unspecified atom stereocenters. The zero-order valence-corrected chi connectivity index (χ0v) is 16.6. The van der Waals surface area contributed by atoms with Gasteiger partial charge in [-0.2, -0.15) is 0 Å². The third-order valence-corrected chi connectivity index (χ3v) is 7.53. The van der Waals surface area contributed by atoms with Crippen molar-refractivity contribution in [1.82, 2.24) is 0 Å². The predicted molar refractivity (Wildman–Crippen MR) is 100 cm³/mol. The average molecular weight is 388 g/mol. The van der Waals surface area contributed by atoms with Crippen LogP contribution in [0.5, 0.6) is 0 Å². The van der Waals surface area contributed by atoms with E-state index in [1.807, 2.05) is 6.08 Å². The zero-order valence-electron chi connectivity index (χ0n) is 16.6. The van der Waals surface area contributed by atoms with E-state index in [1.54, 1.807) is 7.11 Å². The van der Waals surface area contributed by atoms with Crippen LogP contribution in [0, 0.1) is 11.3 Å². The number of hydrogen-bond donors (Lipinski definition) is 0. The van der Waals surface area contributed by atoms with Crippen LogP contribution < -0.4 is 0 Å². The maximum atomic E-state index is 11.8. The zero-order chi connectivity index (χ0) is 19.4. The van der Waals surface area contributed by atoms with Crippen molar-refractivity contribution in [3.8, 4) is 0 Å². The van der Waals surface area contributed by atoms with Gasteiger partial charge in [0.2, 0.25) is 0 Å². The molecule has 28 heavy (non-hydrogen) atoms. The highest BCUT2D eigenvalue weighted by Gasteiger charge is 2.68. The fraction of sp³-hybridized carbons (Fsp3) is 0.682. The lowest BCUT2D eigenvalue weighted by Gasteiger charge is -2.53. The molecule has 0 aromatic heterocycles. The summed E-state index contributed by atoms with van der Waals surface area (Å²) >= 11 is 0. The SMILES string of the molecule is COCO[C@]12CC[C@H]3OC(=O)C=CC3=CC1=CC[C@@]1(C)[C@H]2CCC12OCCO2. The number of rotatable bonds is 3. The monoisotopic (exact) mass is 388 g/mol. The lowest BCUT2D eigenvalue weighted by molar-refractivity contribution is -0.247. The van der Waals surface area contributed by atoms with E-state index in [4.69, 9.17) is 23.7 Å². The number of carbonyl (C=O) groups is 1. The Hall–Kier alpha value is -1.47. The Bertz CT molecular complexity index is 761. The Morgan fingerprint density at radius 1 is 1.18 bits per heavy atom. The average Bonchev–Trinajstić information content (AvgIpc) is 3.24. The quantitative estimate of drug-likeness (QED) is 0.547. The fourth-order valence-corrected chi connectivity index (χ4v) is 6.20. The van der Waals surface area contributed by atoms with E-state index < -0.39 is 11.4 Å². The first-order valence-electron chi connectivity index (χ1n) is 10.2. The molecule has 1 saturated heterocycles. The Kier molecular flexibility index (Phi) is 4.32. The molecule has 0 amide bonds. The first kappa shape index (κ1) is 18.6. The van der Waals surface area contributed by atoms with Gasteiger partial charge in [-0.3, -0.25) is 0 Å². The summed E-state index contributed by atoms with van der Waals surface area (Å²) in [5.74, 6) is -0.558. The van der Waals surface area contributed by atoms with Crippen LogP contribution in [-0.2, 0) is 28.5 Å². The maximum Gasteiger partial charge on any atom is 0.331 e. The Balaban J connectivity index is 1.59. The van der Waals surface area contributed by atoms with Crippen molar-refractivity contribution in [2.45, 2.75) is 56.5 Å². The molecule has 0 radical (unpaired) electrons. The molecule has 4 atom stereocenters. The minimum Gasteiger partial charge on any atom is -0.454 e. The number of ether oxygens (including phenoxy) is 5. The van der Waals surface area contributed by atoms with Gasteiger partial charge in [-0.25, -0.2) is 4.79 Å². The normalized spacial score (nSPS) is 40.9. The van der Waals surface area contributed by atoms with Gasteiger partial charge in [0.05, 0.1) is 18.8 Å². The van der Waals surface area contributed by atoms with Crippen molar-refractivity contribution in [2.75, 3.05) is 27.1 Å². The highest BCUT2D eigenvalue weighted by Crippen LogP contribution is 2.65. The van der Waals surface area contributed by atoms with Gasteiger partial charge in [-0.1, -0.05) is 13.0 Å². The van der Waals surface area contributed by atoms with E-state index in [-0.39, 0.29) is 30.2 Å². The summed E-state index contributed by atoms with van der Waals surface area (Å²) in [5, 5.41) is 0. The molecule has 0 bridgehead atoms. The summed E-state index contributed by atoms with van der Waals surface area (Å²) in [6.07, 6.45) is 11.8. The molecule has 5 aliphatic rings. The lowest BCUT2D eigenvalue weighted by atomic mass is 9.59. The third kappa shape index (κ3) is 2.45. The summed E-state index contributed by atoms with van der Waals surface area (Å²) in [5.41, 5.74) is 1.55. The van der Waals surface area contributed by atoms with Crippen LogP contribution in [0.4, 0.5) is 0 Å². The second-order valence-electron chi connectivity index (χ2n) is 8.70. The van der Waals surface area contributed by atoms with Crippen LogP contribution in [-0.4, -0.2) is 50.6 Å². The molecule has 0 aromatic carbocycles. The topological polar surface area (TPSA) is 63.2 Å².